The van der Waals surface area contributed by atoms with Crippen molar-refractivity contribution in [3.8, 4) is 0 Å². The molecule has 10 nitrogen and oxygen atoms in total. The van der Waals surface area contributed by atoms with Crippen molar-refractivity contribution >= 4 is 11.9 Å². The maximum atomic E-state index is 10.5. The van der Waals surface area contributed by atoms with Gasteiger partial charge in [0.05, 0.1) is 19.3 Å². The van der Waals surface area contributed by atoms with Crippen LogP contribution in [0.25, 0.3) is 0 Å². The number of aliphatic carboxylic acids is 1. The summed E-state index contributed by atoms with van der Waals surface area (Å²) in [5.74, 6) is -2.22. The summed E-state index contributed by atoms with van der Waals surface area (Å²) in [7, 11) is 0. The molecule has 0 aromatic heterocycles. The first-order chi connectivity index (χ1) is 9.97. The Kier molecular flexibility index (Phi) is 11.8. The lowest BCUT2D eigenvalue weighted by molar-refractivity contribution is -0.160. The number of carboxylic acids is 1. The van der Waals surface area contributed by atoms with Gasteiger partial charge < -0.3 is 40.5 Å². The minimum absolute atomic E-state index is 0.291. The van der Waals surface area contributed by atoms with Crippen molar-refractivity contribution in [2.75, 3.05) is 19.8 Å². The second-order valence-corrected chi connectivity index (χ2v) is 4.76. The number of ether oxygens (including phenoxy) is 1. The van der Waals surface area contributed by atoms with Crippen molar-refractivity contribution in [1.29, 1.82) is 0 Å². The van der Waals surface area contributed by atoms with E-state index in [0.29, 0.717) is 0 Å². The van der Waals surface area contributed by atoms with Gasteiger partial charge in [-0.3, -0.25) is 0 Å². The highest BCUT2D eigenvalue weighted by atomic mass is 16.6. The van der Waals surface area contributed by atoms with Crippen molar-refractivity contribution in [2.24, 2.45) is 0 Å². The summed E-state index contributed by atoms with van der Waals surface area (Å²) in [5.41, 5.74) is -1.97. The molecule has 0 aliphatic heterocycles. The molecule has 0 amide bonds. The molecule has 4 unspecified atom stereocenters. The molecule has 0 bridgehead atoms. The minimum atomic E-state index is -1.97. The van der Waals surface area contributed by atoms with Crippen molar-refractivity contribution < 1.29 is 50.1 Å². The lowest BCUT2D eigenvalue weighted by Gasteiger charge is -2.19. The van der Waals surface area contributed by atoms with Crippen LogP contribution in [0.15, 0.2) is 0 Å². The molecule has 4 atom stereocenters. The van der Waals surface area contributed by atoms with Gasteiger partial charge in [-0.1, -0.05) is 0 Å². The Hall–Kier alpha value is -1.30. The second kappa shape index (κ2) is 11.3. The number of rotatable bonds is 8. The molecule has 0 aliphatic rings. The smallest absolute Gasteiger partial charge is 0.335 e. The number of carboxylic acid groups (broad SMARTS) is 1. The maximum Gasteiger partial charge on any atom is 0.335 e. The summed E-state index contributed by atoms with van der Waals surface area (Å²) >= 11 is 0. The lowest BCUT2D eigenvalue weighted by Crippen LogP contribution is -2.39. The van der Waals surface area contributed by atoms with Crippen LogP contribution in [-0.4, -0.2) is 91.4 Å². The molecular weight excluding hydrogens is 304 g/mol. The Bertz CT molecular complexity index is 326. The van der Waals surface area contributed by atoms with E-state index in [-0.39, 0.29) is 13.0 Å². The molecule has 132 valence electrons. The van der Waals surface area contributed by atoms with Gasteiger partial charge >= 0.3 is 11.9 Å². The van der Waals surface area contributed by atoms with Gasteiger partial charge in [0.2, 0.25) is 0 Å². The van der Waals surface area contributed by atoms with Crippen LogP contribution in [0.4, 0.5) is 0 Å². The maximum absolute atomic E-state index is 10.5. The van der Waals surface area contributed by atoms with E-state index < -0.39 is 49.1 Å². The quantitative estimate of drug-likeness (QED) is 0.224. The normalized spacial score (nSPS) is 17.3. The molecule has 22 heavy (non-hydrogen) atoms. The fraction of sp³-hybridized carbons (Fsp3) is 0.833. The van der Waals surface area contributed by atoms with E-state index in [1.54, 1.807) is 0 Å². The summed E-state index contributed by atoms with van der Waals surface area (Å²) in [4.78, 5) is 20.7. The zero-order chi connectivity index (χ0) is 17.9. The standard InChI is InChI=1S/2C6H12O5/c1-6(11,5(9)10)2-4(8)3-7;1-4(8)6(10)11-3-5(9)2-7/h4,7-8,11H,2-3H2,1H3,(H,9,10);4-5,7-9H,2-3H2,1H3. The van der Waals surface area contributed by atoms with E-state index in [1.807, 2.05) is 0 Å². The average Bonchev–Trinajstić information content (AvgIpc) is 2.43. The first-order valence-corrected chi connectivity index (χ1v) is 6.36. The van der Waals surface area contributed by atoms with E-state index in [9.17, 15) is 9.59 Å². The molecule has 0 aromatic rings. The van der Waals surface area contributed by atoms with Crippen molar-refractivity contribution in [3.63, 3.8) is 0 Å². The highest BCUT2D eigenvalue weighted by molar-refractivity contribution is 5.76. The van der Waals surface area contributed by atoms with Crippen molar-refractivity contribution in [1.82, 2.24) is 0 Å². The first kappa shape index (κ1) is 23.0. The largest absolute Gasteiger partial charge is 0.479 e. The van der Waals surface area contributed by atoms with Crippen LogP contribution >= 0.6 is 0 Å². The SMILES string of the molecule is CC(O)(CC(O)CO)C(=O)O.CC(O)C(=O)OCC(O)CO. The zero-order valence-electron chi connectivity index (χ0n) is 12.4. The van der Waals surface area contributed by atoms with Crippen LogP contribution < -0.4 is 0 Å². The third-order valence-electron chi connectivity index (χ3n) is 2.27. The van der Waals surface area contributed by atoms with Crippen LogP contribution in [0.1, 0.15) is 20.3 Å². The topological polar surface area (TPSA) is 185 Å². The van der Waals surface area contributed by atoms with Gasteiger partial charge in [-0.25, -0.2) is 9.59 Å². The molecule has 0 fully saturated rings. The van der Waals surface area contributed by atoms with Gasteiger partial charge in [0, 0.05) is 6.42 Å². The molecule has 0 heterocycles. The molecule has 10 heteroatoms. The Morgan fingerprint density at radius 2 is 1.55 bits per heavy atom. The molecule has 0 aromatic carbocycles. The van der Waals surface area contributed by atoms with Crippen LogP contribution in [0.5, 0.6) is 0 Å². The van der Waals surface area contributed by atoms with E-state index >= 15 is 0 Å². The van der Waals surface area contributed by atoms with E-state index in [4.69, 9.17) is 35.7 Å². The molecule has 0 saturated carbocycles. The molecule has 0 aliphatic carbocycles. The first-order valence-electron chi connectivity index (χ1n) is 6.36. The van der Waals surface area contributed by atoms with Crippen molar-refractivity contribution in [2.45, 2.75) is 44.2 Å². The number of aliphatic hydroxyl groups is 6. The fourth-order valence-electron chi connectivity index (χ4n) is 0.962. The monoisotopic (exact) mass is 328 g/mol. The minimum Gasteiger partial charge on any atom is -0.479 e. The summed E-state index contributed by atoms with van der Waals surface area (Å²) in [6, 6.07) is 0. The average molecular weight is 328 g/mol. The van der Waals surface area contributed by atoms with Crippen LogP contribution in [-0.2, 0) is 14.3 Å². The van der Waals surface area contributed by atoms with E-state index in [1.165, 1.54) is 6.92 Å². The van der Waals surface area contributed by atoms with Gasteiger partial charge in [-0.05, 0) is 13.8 Å². The zero-order valence-corrected chi connectivity index (χ0v) is 12.4. The number of aliphatic hydroxyl groups excluding tert-OH is 5. The van der Waals surface area contributed by atoms with Crippen LogP contribution in [0.2, 0.25) is 0 Å². The Labute approximate surface area is 127 Å². The summed E-state index contributed by atoms with van der Waals surface area (Å²) in [6.45, 7) is 1.01. The van der Waals surface area contributed by atoms with Crippen LogP contribution in [0, 0.1) is 0 Å². The molecule has 0 rings (SSSR count). The van der Waals surface area contributed by atoms with Crippen molar-refractivity contribution in [3.05, 3.63) is 0 Å². The molecule has 7 N–H and O–H groups in total. The second-order valence-electron chi connectivity index (χ2n) is 4.76. The fourth-order valence-corrected chi connectivity index (χ4v) is 0.962. The number of carbonyl (C=O) groups is 2. The summed E-state index contributed by atoms with van der Waals surface area (Å²) < 4.78 is 4.36. The number of hydrogen-bond acceptors (Lipinski definition) is 9. The molecule has 0 spiro atoms. The molecular formula is C12H24O10. The predicted octanol–water partition coefficient (Wildman–Crippen LogP) is -3.17. The molecule has 0 radical (unpaired) electrons. The number of esters is 1. The Morgan fingerprint density at radius 1 is 1.09 bits per heavy atom. The van der Waals surface area contributed by atoms with Gasteiger partial charge in [0.1, 0.15) is 18.8 Å². The lowest BCUT2D eigenvalue weighted by atomic mass is 9.99. The third-order valence-corrected chi connectivity index (χ3v) is 2.27. The molecule has 0 saturated heterocycles. The summed E-state index contributed by atoms with van der Waals surface area (Å²) in [5, 5.41) is 60.0. The van der Waals surface area contributed by atoms with Gasteiger partial charge in [-0.15, -0.1) is 0 Å². The Morgan fingerprint density at radius 3 is 1.86 bits per heavy atom. The third kappa shape index (κ3) is 11.4. The number of hydrogen-bond donors (Lipinski definition) is 7. The van der Waals surface area contributed by atoms with Gasteiger partial charge in [0.15, 0.2) is 5.60 Å². The highest BCUT2D eigenvalue weighted by Gasteiger charge is 2.32. The van der Waals surface area contributed by atoms with Gasteiger partial charge in [0.25, 0.3) is 0 Å². The van der Waals surface area contributed by atoms with Gasteiger partial charge in [-0.2, -0.15) is 0 Å². The Balaban J connectivity index is 0. The number of carbonyl (C=O) groups excluding carboxylic acids is 1. The van der Waals surface area contributed by atoms with E-state index in [0.717, 1.165) is 6.92 Å². The predicted molar refractivity (Wildman–Crippen MR) is 71.7 cm³/mol. The highest BCUT2D eigenvalue weighted by Crippen LogP contribution is 2.11. The van der Waals surface area contributed by atoms with Crippen LogP contribution in [0.3, 0.4) is 0 Å². The summed E-state index contributed by atoms with van der Waals surface area (Å²) in [6.07, 6.45) is -3.83. The van der Waals surface area contributed by atoms with E-state index in [2.05, 4.69) is 4.74 Å².